The summed E-state index contributed by atoms with van der Waals surface area (Å²) in [5, 5.41) is 0. The number of aromatic nitrogens is 1. The van der Waals surface area contributed by atoms with E-state index < -0.39 is 6.29 Å². The van der Waals surface area contributed by atoms with E-state index in [-0.39, 0.29) is 6.04 Å². The van der Waals surface area contributed by atoms with Crippen molar-refractivity contribution in [2.45, 2.75) is 18.8 Å². The molecule has 0 amide bonds. The molecule has 1 rings (SSSR count). The molecule has 0 saturated heterocycles. The van der Waals surface area contributed by atoms with E-state index in [4.69, 9.17) is 15.2 Å². The molecule has 5 heteroatoms. The summed E-state index contributed by atoms with van der Waals surface area (Å²) in [5.74, 6) is 0. The summed E-state index contributed by atoms with van der Waals surface area (Å²) < 4.78 is 11.1. The Labute approximate surface area is 97.9 Å². The van der Waals surface area contributed by atoms with Crippen LogP contribution in [0, 0.1) is 0 Å². The van der Waals surface area contributed by atoms with Gasteiger partial charge in [-0.3, -0.25) is 4.98 Å². The Morgan fingerprint density at radius 3 is 2.53 bits per heavy atom. The van der Waals surface area contributed by atoms with Gasteiger partial charge in [-0.25, -0.2) is 0 Å². The van der Waals surface area contributed by atoms with E-state index in [2.05, 4.69) is 20.9 Å². The zero-order chi connectivity index (χ0) is 11.3. The smallest absolute Gasteiger partial charge is 0.172 e. The van der Waals surface area contributed by atoms with Crippen LogP contribution in [-0.2, 0) is 15.9 Å². The summed E-state index contributed by atoms with van der Waals surface area (Å²) in [5.41, 5.74) is 6.83. The van der Waals surface area contributed by atoms with E-state index in [9.17, 15) is 0 Å². The Balaban J connectivity index is 2.57. The number of pyridine rings is 1. The van der Waals surface area contributed by atoms with E-state index in [0.29, 0.717) is 6.42 Å². The molecule has 0 aromatic carbocycles. The first-order valence-electron chi connectivity index (χ1n) is 4.59. The van der Waals surface area contributed by atoms with Gasteiger partial charge in [0.05, 0.1) is 6.04 Å². The maximum Gasteiger partial charge on any atom is 0.172 e. The fraction of sp³-hybridized carbons (Fsp3) is 0.500. The van der Waals surface area contributed by atoms with Crippen molar-refractivity contribution in [2.24, 2.45) is 5.73 Å². The van der Waals surface area contributed by atoms with Gasteiger partial charge in [0, 0.05) is 37.0 Å². The first-order valence-corrected chi connectivity index (χ1v) is 5.38. The predicted octanol–water partition coefficient (Wildman–Crippen LogP) is 1.33. The number of nitrogens with two attached hydrogens (primary N) is 1. The highest BCUT2D eigenvalue weighted by Gasteiger charge is 2.17. The van der Waals surface area contributed by atoms with Crippen LogP contribution in [0.15, 0.2) is 22.8 Å². The summed E-state index contributed by atoms with van der Waals surface area (Å²) in [6, 6.07) is 3.64. The van der Waals surface area contributed by atoms with Gasteiger partial charge in [0.2, 0.25) is 0 Å². The van der Waals surface area contributed by atoms with Gasteiger partial charge in [-0.05, 0) is 28.1 Å². The molecular weight excluding hydrogens is 260 g/mol. The van der Waals surface area contributed by atoms with Crippen molar-refractivity contribution in [3.8, 4) is 0 Å². The molecule has 0 saturated carbocycles. The minimum atomic E-state index is -0.393. The van der Waals surface area contributed by atoms with Crippen molar-refractivity contribution < 1.29 is 9.47 Å². The second-order valence-corrected chi connectivity index (χ2v) is 4.09. The predicted molar refractivity (Wildman–Crippen MR) is 61.4 cm³/mol. The molecule has 1 atom stereocenters. The van der Waals surface area contributed by atoms with E-state index in [1.54, 1.807) is 20.4 Å². The minimum absolute atomic E-state index is 0.214. The lowest BCUT2D eigenvalue weighted by Gasteiger charge is -2.20. The van der Waals surface area contributed by atoms with Gasteiger partial charge in [0.25, 0.3) is 0 Å². The highest BCUT2D eigenvalue weighted by molar-refractivity contribution is 9.10. The standard InChI is InChI=1S/C10H15BrN2O2/c1-14-10(15-2)9(12)5-8-4-3-7(11)6-13-8/h3-4,6,9-10H,5,12H2,1-2H3. The fourth-order valence-electron chi connectivity index (χ4n) is 1.31. The minimum Gasteiger partial charge on any atom is -0.354 e. The van der Waals surface area contributed by atoms with Crippen LogP contribution in [-0.4, -0.2) is 31.5 Å². The lowest BCUT2D eigenvalue weighted by molar-refractivity contribution is -0.116. The molecule has 0 radical (unpaired) electrons. The highest BCUT2D eigenvalue weighted by atomic mass is 79.9. The molecule has 4 nitrogen and oxygen atoms in total. The third kappa shape index (κ3) is 3.87. The number of halogens is 1. The van der Waals surface area contributed by atoms with Crippen LogP contribution in [0.2, 0.25) is 0 Å². The molecule has 1 unspecified atom stereocenters. The maximum absolute atomic E-state index is 5.91. The van der Waals surface area contributed by atoms with Crippen LogP contribution in [0.25, 0.3) is 0 Å². The molecular formula is C10H15BrN2O2. The zero-order valence-electron chi connectivity index (χ0n) is 8.81. The number of nitrogens with zero attached hydrogens (tertiary/aromatic N) is 1. The average Bonchev–Trinajstić information content (AvgIpc) is 2.23. The lowest BCUT2D eigenvalue weighted by atomic mass is 10.1. The number of methoxy groups -OCH3 is 2. The van der Waals surface area contributed by atoms with Crippen molar-refractivity contribution in [3.05, 3.63) is 28.5 Å². The Bertz CT molecular complexity index is 288. The number of rotatable bonds is 5. The van der Waals surface area contributed by atoms with Gasteiger partial charge in [-0.15, -0.1) is 0 Å². The summed E-state index contributed by atoms with van der Waals surface area (Å²) in [4.78, 5) is 4.23. The van der Waals surface area contributed by atoms with Crippen molar-refractivity contribution in [2.75, 3.05) is 14.2 Å². The molecule has 0 spiro atoms. The van der Waals surface area contributed by atoms with Crippen LogP contribution in [0.1, 0.15) is 5.69 Å². The van der Waals surface area contributed by atoms with Crippen molar-refractivity contribution in [3.63, 3.8) is 0 Å². The van der Waals surface area contributed by atoms with Crippen LogP contribution in [0.5, 0.6) is 0 Å². The first kappa shape index (κ1) is 12.6. The van der Waals surface area contributed by atoms with Gasteiger partial charge in [0.1, 0.15) is 0 Å². The quantitative estimate of drug-likeness (QED) is 0.824. The summed E-state index contributed by atoms with van der Waals surface area (Å²) in [7, 11) is 3.14. The molecule has 15 heavy (non-hydrogen) atoms. The maximum atomic E-state index is 5.91. The van der Waals surface area contributed by atoms with Gasteiger partial charge < -0.3 is 15.2 Å². The Kier molecular flexibility index (Phi) is 5.17. The molecule has 1 aromatic rings. The molecule has 0 bridgehead atoms. The van der Waals surface area contributed by atoms with Crippen LogP contribution in [0.4, 0.5) is 0 Å². The largest absolute Gasteiger partial charge is 0.354 e. The third-order valence-corrected chi connectivity index (χ3v) is 2.52. The second-order valence-electron chi connectivity index (χ2n) is 3.18. The number of hydrogen-bond donors (Lipinski definition) is 1. The molecule has 0 fully saturated rings. The number of hydrogen-bond acceptors (Lipinski definition) is 4. The lowest BCUT2D eigenvalue weighted by Crippen LogP contribution is -2.39. The van der Waals surface area contributed by atoms with Crippen LogP contribution in [0.3, 0.4) is 0 Å². The normalized spacial score (nSPS) is 13.1. The summed E-state index contributed by atoms with van der Waals surface area (Å²) >= 11 is 3.32. The van der Waals surface area contributed by atoms with Gasteiger partial charge >= 0.3 is 0 Å². The van der Waals surface area contributed by atoms with Crippen molar-refractivity contribution in [1.82, 2.24) is 4.98 Å². The Morgan fingerprint density at radius 1 is 1.40 bits per heavy atom. The van der Waals surface area contributed by atoms with Gasteiger partial charge in [0.15, 0.2) is 6.29 Å². The van der Waals surface area contributed by atoms with E-state index in [1.807, 2.05) is 12.1 Å². The summed E-state index contributed by atoms with van der Waals surface area (Å²) in [6.45, 7) is 0. The van der Waals surface area contributed by atoms with Crippen molar-refractivity contribution in [1.29, 1.82) is 0 Å². The monoisotopic (exact) mass is 274 g/mol. The molecule has 2 N–H and O–H groups in total. The molecule has 1 aromatic heterocycles. The fourth-order valence-corrected chi connectivity index (χ4v) is 1.55. The Morgan fingerprint density at radius 2 is 2.07 bits per heavy atom. The molecule has 84 valence electrons. The van der Waals surface area contributed by atoms with Crippen LogP contribution >= 0.6 is 15.9 Å². The van der Waals surface area contributed by atoms with Gasteiger partial charge in [-0.2, -0.15) is 0 Å². The third-order valence-electron chi connectivity index (χ3n) is 2.05. The van der Waals surface area contributed by atoms with Crippen LogP contribution < -0.4 is 5.73 Å². The molecule has 0 aliphatic carbocycles. The van der Waals surface area contributed by atoms with Crippen molar-refractivity contribution >= 4 is 15.9 Å². The Hall–Kier alpha value is -0.490. The van der Waals surface area contributed by atoms with Gasteiger partial charge in [-0.1, -0.05) is 0 Å². The average molecular weight is 275 g/mol. The number of ether oxygens (including phenoxy) is 2. The second kappa shape index (κ2) is 6.17. The molecule has 0 aliphatic heterocycles. The SMILES string of the molecule is COC(OC)C(N)Cc1ccc(Br)cn1. The highest BCUT2D eigenvalue weighted by Crippen LogP contribution is 2.10. The van der Waals surface area contributed by atoms with E-state index >= 15 is 0 Å². The zero-order valence-corrected chi connectivity index (χ0v) is 10.4. The first-order chi connectivity index (χ1) is 7.17. The summed E-state index contributed by atoms with van der Waals surface area (Å²) in [6.07, 6.45) is 1.98. The topological polar surface area (TPSA) is 57.4 Å². The van der Waals surface area contributed by atoms with E-state index in [1.165, 1.54) is 0 Å². The molecule has 1 heterocycles. The van der Waals surface area contributed by atoms with E-state index in [0.717, 1.165) is 10.2 Å². The molecule has 0 aliphatic rings.